The lowest BCUT2D eigenvalue weighted by atomic mass is 10.1. The van der Waals surface area contributed by atoms with Gasteiger partial charge in [0.2, 0.25) is 11.9 Å². The summed E-state index contributed by atoms with van der Waals surface area (Å²) < 4.78 is 0. The first-order valence-electron chi connectivity index (χ1n) is 4.58. The number of aryl methyl sites for hydroxylation is 1. The van der Waals surface area contributed by atoms with Crippen LogP contribution in [0, 0.1) is 12.8 Å². The van der Waals surface area contributed by atoms with Crippen LogP contribution in [0.15, 0.2) is 6.20 Å². The number of anilines is 1. The van der Waals surface area contributed by atoms with Gasteiger partial charge in [0.25, 0.3) is 0 Å². The number of hydrogen-bond donors (Lipinski definition) is 3. The van der Waals surface area contributed by atoms with E-state index >= 15 is 0 Å². The van der Waals surface area contributed by atoms with Crippen LogP contribution in [0.2, 0.25) is 0 Å². The minimum atomic E-state index is -0.500. The molecule has 0 saturated carbocycles. The number of rotatable bonds is 3. The van der Waals surface area contributed by atoms with Crippen molar-refractivity contribution in [1.29, 1.82) is 0 Å². The zero-order chi connectivity index (χ0) is 10.7. The summed E-state index contributed by atoms with van der Waals surface area (Å²) in [6.45, 7) is 5.67. The van der Waals surface area contributed by atoms with Gasteiger partial charge in [-0.3, -0.25) is 10.1 Å². The van der Waals surface area contributed by atoms with Gasteiger partial charge >= 0.3 is 0 Å². The molecule has 0 spiro atoms. The second-order valence-corrected chi connectivity index (χ2v) is 3.67. The Morgan fingerprint density at radius 2 is 2.29 bits per heavy atom. The first-order chi connectivity index (χ1) is 6.50. The van der Waals surface area contributed by atoms with Crippen LogP contribution in [0.5, 0.6) is 0 Å². The van der Waals surface area contributed by atoms with Crippen LogP contribution in [0.3, 0.4) is 0 Å². The Kier molecular flexibility index (Phi) is 3.24. The maximum absolute atomic E-state index is 11.5. The highest BCUT2D eigenvalue weighted by Crippen LogP contribution is 2.04. The lowest BCUT2D eigenvalue weighted by molar-refractivity contribution is -0.118. The zero-order valence-corrected chi connectivity index (χ0v) is 8.66. The van der Waals surface area contributed by atoms with Gasteiger partial charge in [0.1, 0.15) is 0 Å². The molecule has 78 valence electrons. The van der Waals surface area contributed by atoms with Crippen LogP contribution in [0.4, 0.5) is 5.95 Å². The van der Waals surface area contributed by atoms with Gasteiger partial charge in [-0.05, 0) is 12.8 Å². The van der Waals surface area contributed by atoms with Crippen molar-refractivity contribution in [3.05, 3.63) is 11.9 Å². The molecule has 1 atom stereocenters. The molecule has 0 aliphatic carbocycles. The van der Waals surface area contributed by atoms with E-state index in [1.807, 2.05) is 20.8 Å². The highest BCUT2D eigenvalue weighted by molar-refractivity contribution is 5.93. The fraction of sp³-hybridized carbons (Fsp3) is 0.556. The second-order valence-electron chi connectivity index (χ2n) is 3.67. The number of H-pyrrole nitrogens is 1. The highest BCUT2D eigenvalue weighted by atomic mass is 16.2. The van der Waals surface area contributed by atoms with Crippen molar-refractivity contribution < 1.29 is 4.79 Å². The van der Waals surface area contributed by atoms with Gasteiger partial charge < -0.3 is 10.7 Å². The molecule has 0 fully saturated rings. The summed E-state index contributed by atoms with van der Waals surface area (Å²) >= 11 is 0. The van der Waals surface area contributed by atoms with Crippen molar-refractivity contribution in [3.8, 4) is 0 Å². The number of aromatic nitrogens is 2. The van der Waals surface area contributed by atoms with Crippen LogP contribution >= 0.6 is 0 Å². The molecule has 5 nitrogen and oxygen atoms in total. The molecule has 1 heterocycles. The van der Waals surface area contributed by atoms with E-state index < -0.39 is 6.04 Å². The number of imidazole rings is 1. The number of carbonyl (C=O) groups is 1. The van der Waals surface area contributed by atoms with E-state index in [0.717, 1.165) is 5.69 Å². The van der Waals surface area contributed by atoms with Crippen LogP contribution < -0.4 is 11.1 Å². The fourth-order valence-electron chi connectivity index (χ4n) is 0.979. The van der Waals surface area contributed by atoms with Crippen LogP contribution in [0.25, 0.3) is 0 Å². The van der Waals surface area contributed by atoms with Crippen LogP contribution in [-0.4, -0.2) is 21.9 Å². The minimum absolute atomic E-state index is 0.117. The van der Waals surface area contributed by atoms with Crippen molar-refractivity contribution in [2.45, 2.75) is 26.8 Å². The van der Waals surface area contributed by atoms with Crippen LogP contribution in [-0.2, 0) is 4.79 Å². The average Bonchev–Trinajstić information content (AvgIpc) is 2.49. The van der Waals surface area contributed by atoms with Gasteiger partial charge in [-0.15, -0.1) is 0 Å². The number of aromatic amines is 1. The number of amides is 1. The van der Waals surface area contributed by atoms with E-state index in [4.69, 9.17) is 5.73 Å². The molecule has 0 radical (unpaired) electrons. The predicted molar refractivity (Wildman–Crippen MR) is 54.8 cm³/mol. The van der Waals surface area contributed by atoms with Crippen molar-refractivity contribution >= 4 is 11.9 Å². The van der Waals surface area contributed by atoms with Crippen molar-refractivity contribution in [1.82, 2.24) is 9.97 Å². The second kappa shape index (κ2) is 4.23. The van der Waals surface area contributed by atoms with Gasteiger partial charge in [0, 0.05) is 11.9 Å². The van der Waals surface area contributed by atoms with Gasteiger partial charge in [-0.2, -0.15) is 0 Å². The average molecular weight is 196 g/mol. The summed E-state index contributed by atoms with van der Waals surface area (Å²) in [5.41, 5.74) is 6.56. The van der Waals surface area contributed by atoms with Gasteiger partial charge in [-0.25, -0.2) is 4.98 Å². The van der Waals surface area contributed by atoms with Gasteiger partial charge in [-0.1, -0.05) is 13.8 Å². The first kappa shape index (κ1) is 10.7. The molecule has 0 aromatic carbocycles. The first-order valence-corrected chi connectivity index (χ1v) is 4.58. The van der Waals surface area contributed by atoms with E-state index in [-0.39, 0.29) is 11.8 Å². The topological polar surface area (TPSA) is 83.8 Å². The monoisotopic (exact) mass is 196 g/mol. The fourth-order valence-corrected chi connectivity index (χ4v) is 0.979. The summed E-state index contributed by atoms with van der Waals surface area (Å²) in [6, 6.07) is -0.500. The Labute approximate surface area is 83.1 Å². The zero-order valence-electron chi connectivity index (χ0n) is 8.66. The van der Waals surface area contributed by atoms with Gasteiger partial charge in [0.15, 0.2) is 0 Å². The molecule has 0 aliphatic heterocycles. The third-order valence-electron chi connectivity index (χ3n) is 1.97. The molecule has 14 heavy (non-hydrogen) atoms. The molecule has 1 amide bonds. The number of nitrogens with one attached hydrogen (secondary N) is 2. The minimum Gasteiger partial charge on any atom is -0.328 e. The molecule has 5 heteroatoms. The maximum Gasteiger partial charge on any atom is 0.243 e. The molecule has 4 N–H and O–H groups in total. The molecular weight excluding hydrogens is 180 g/mol. The summed E-state index contributed by atoms with van der Waals surface area (Å²) in [4.78, 5) is 18.3. The van der Waals surface area contributed by atoms with Gasteiger partial charge in [0.05, 0.1) is 6.04 Å². The van der Waals surface area contributed by atoms with E-state index in [1.165, 1.54) is 0 Å². The number of nitrogens with two attached hydrogens (primary N) is 1. The Morgan fingerprint density at radius 1 is 1.64 bits per heavy atom. The SMILES string of the molecule is Cc1cnc(NC(=O)[C@@H](N)C(C)C)[nH]1. The van der Waals surface area contributed by atoms with Crippen molar-refractivity contribution in [2.75, 3.05) is 5.32 Å². The number of carbonyl (C=O) groups excluding carboxylic acids is 1. The summed E-state index contributed by atoms with van der Waals surface area (Å²) in [5.74, 6) is 0.351. The third-order valence-corrected chi connectivity index (χ3v) is 1.97. The molecule has 1 aromatic heterocycles. The summed E-state index contributed by atoms with van der Waals surface area (Å²) in [6.07, 6.45) is 1.65. The standard InChI is InChI=1S/C9H16N4O/c1-5(2)7(10)8(14)13-9-11-4-6(3)12-9/h4-5,7H,10H2,1-3H3,(H2,11,12,13,14)/t7-/m0/s1. The molecule has 1 rings (SSSR count). The number of hydrogen-bond acceptors (Lipinski definition) is 3. The molecule has 0 aliphatic rings. The molecule has 0 bridgehead atoms. The Bertz CT molecular complexity index is 318. The lowest BCUT2D eigenvalue weighted by Gasteiger charge is -2.13. The Hall–Kier alpha value is -1.36. The predicted octanol–water partition coefficient (Wildman–Crippen LogP) is 0.640. The molecule has 0 unspecified atom stereocenters. The summed E-state index contributed by atoms with van der Waals surface area (Å²) in [5, 5.41) is 2.61. The molecular formula is C9H16N4O. The van der Waals surface area contributed by atoms with E-state index in [2.05, 4.69) is 15.3 Å². The normalized spacial score (nSPS) is 12.9. The molecule has 0 saturated heterocycles. The van der Waals surface area contributed by atoms with E-state index in [0.29, 0.717) is 5.95 Å². The van der Waals surface area contributed by atoms with Crippen molar-refractivity contribution in [3.63, 3.8) is 0 Å². The highest BCUT2D eigenvalue weighted by Gasteiger charge is 2.17. The third kappa shape index (κ3) is 2.56. The van der Waals surface area contributed by atoms with E-state index in [1.54, 1.807) is 6.20 Å². The van der Waals surface area contributed by atoms with E-state index in [9.17, 15) is 4.79 Å². The van der Waals surface area contributed by atoms with Crippen molar-refractivity contribution in [2.24, 2.45) is 11.7 Å². The van der Waals surface area contributed by atoms with Crippen LogP contribution in [0.1, 0.15) is 19.5 Å². The lowest BCUT2D eigenvalue weighted by Crippen LogP contribution is -2.40. The Balaban J connectivity index is 2.57. The summed E-state index contributed by atoms with van der Waals surface area (Å²) in [7, 11) is 0. The number of nitrogens with zero attached hydrogens (tertiary/aromatic N) is 1. The quantitative estimate of drug-likeness (QED) is 0.663. The Morgan fingerprint density at radius 3 is 2.71 bits per heavy atom. The smallest absolute Gasteiger partial charge is 0.243 e. The largest absolute Gasteiger partial charge is 0.328 e. The molecule has 1 aromatic rings. The maximum atomic E-state index is 11.5.